The van der Waals surface area contributed by atoms with E-state index in [0.29, 0.717) is 31.7 Å². The predicted octanol–water partition coefficient (Wildman–Crippen LogP) is 0.398. The highest BCUT2D eigenvalue weighted by Crippen LogP contribution is 2.09. The second kappa shape index (κ2) is 17.4. The highest BCUT2D eigenvalue weighted by molar-refractivity contribution is 8.13. The van der Waals surface area contributed by atoms with Crippen LogP contribution in [0.2, 0.25) is 0 Å². The van der Waals surface area contributed by atoms with Gasteiger partial charge in [0.2, 0.25) is 16.9 Å². The quantitative estimate of drug-likeness (QED) is 0.188. The van der Waals surface area contributed by atoms with Gasteiger partial charge in [-0.25, -0.2) is 0 Å². The Hall–Kier alpha value is -1.30. The molecule has 0 aromatic rings. The lowest BCUT2D eigenvalue weighted by Crippen LogP contribution is -2.53. The number of rotatable bonds is 16. The van der Waals surface area contributed by atoms with E-state index in [9.17, 15) is 19.2 Å². The van der Waals surface area contributed by atoms with Crippen LogP contribution in [0.25, 0.3) is 0 Å². The van der Waals surface area contributed by atoms with Gasteiger partial charge in [-0.05, 0) is 51.7 Å². The summed E-state index contributed by atoms with van der Waals surface area (Å²) in [5, 5.41) is 5.07. The smallest absolute Gasteiger partial charge is 0.306 e. The first kappa shape index (κ1) is 28.7. The first-order valence-corrected chi connectivity index (χ1v) is 12.5. The minimum atomic E-state index is -0.773. The van der Waals surface area contributed by atoms with Crippen LogP contribution in [-0.2, 0) is 23.9 Å². The van der Waals surface area contributed by atoms with Crippen LogP contribution in [0.4, 0.5) is 0 Å². The second-order valence-corrected chi connectivity index (χ2v) is 8.77. The Labute approximate surface area is 187 Å². The fourth-order valence-electron chi connectivity index (χ4n) is 2.39. The van der Waals surface area contributed by atoms with Gasteiger partial charge in [0.1, 0.15) is 6.04 Å². The number of unbranched alkanes of at least 4 members (excludes halogenated alkanes) is 1. The molecular formula is C19H36N4O5S2. The Bertz CT molecular complexity index is 551. The van der Waals surface area contributed by atoms with E-state index in [1.54, 1.807) is 25.6 Å². The van der Waals surface area contributed by atoms with Crippen molar-refractivity contribution < 1.29 is 23.9 Å². The summed E-state index contributed by atoms with van der Waals surface area (Å²) in [6, 6.07) is -2.24. The van der Waals surface area contributed by atoms with E-state index in [0.717, 1.165) is 24.6 Å². The van der Waals surface area contributed by atoms with Gasteiger partial charge in [-0.15, -0.1) is 0 Å². The fraction of sp³-hybridized carbons (Fsp3) is 0.789. The standard InChI is InChI=1S/C19H36N4O5S2/c1-4-28-16(24)9-12-30-19(27)13(2)22-18(26)15(8-11-29-3)23-17(25)14(21)7-5-6-10-20/h13-15H,4-12,20-21H2,1-3H3,(H,22,26)(H,23,25)/t13-,14-,15-/m0/s1. The topological polar surface area (TPSA) is 154 Å². The third kappa shape index (κ3) is 13.1. The Morgan fingerprint density at radius 2 is 1.73 bits per heavy atom. The van der Waals surface area contributed by atoms with Crippen molar-refractivity contribution in [3.8, 4) is 0 Å². The number of hydrogen-bond acceptors (Lipinski definition) is 9. The van der Waals surface area contributed by atoms with E-state index in [2.05, 4.69) is 10.6 Å². The number of thioether (sulfide) groups is 2. The first-order valence-electron chi connectivity index (χ1n) is 10.1. The number of esters is 1. The van der Waals surface area contributed by atoms with Gasteiger partial charge in [-0.1, -0.05) is 18.2 Å². The van der Waals surface area contributed by atoms with Crippen molar-refractivity contribution in [1.29, 1.82) is 0 Å². The molecule has 0 aromatic carbocycles. The highest BCUT2D eigenvalue weighted by Gasteiger charge is 2.26. The van der Waals surface area contributed by atoms with Gasteiger partial charge in [0, 0.05) is 5.75 Å². The maximum Gasteiger partial charge on any atom is 0.306 e. The van der Waals surface area contributed by atoms with E-state index in [4.69, 9.17) is 16.2 Å². The lowest BCUT2D eigenvalue weighted by Gasteiger charge is -2.22. The zero-order chi connectivity index (χ0) is 22.9. The Kier molecular flexibility index (Phi) is 16.6. The lowest BCUT2D eigenvalue weighted by atomic mass is 10.1. The van der Waals surface area contributed by atoms with Crippen LogP contribution in [0.1, 0.15) is 46.0 Å². The van der Waals surface area contributed by atoms with Crippen LogP contribution < -0.4 is 22.1 Å². The number of carbonyl (C=O) groups excluding carboxylic acids is 4. The third-order valence-electron chi connectivity index (χ3n) is 4.12. The summed E-state index contributed by atoms with van der Waals surface area (Å²) in [5.41, 5.74) is 11.3. The number of nitrogens with one attached hydrogen (secondary N) is 2. The summed E-state index contributed by atoms with van der Waals surface area (Å²) in [4.78, 5) is 48.5. The molecule has 0 aromatic heterocycles. The highest BCUT2D eigenvalue weighted by atomic mass is 32.2. The minimum Gasteiger partial charge on any atom is -0.466 e. The Morgan fingerprint density at radius 1 is 1.03 bits per heavy atom. The van der Waals surface area contributed by atoms with Crippen molar-refractivity contribution in [3.63, 3.8) is 0 Å². The molecule has 3 atom stereocenters. The van der Waals surface area contributed by atoms with Crippen molar-refractivity contribution in [2.45, 2.75) is 64.1 Å². The predicted molar refractivity (Wildman–Crippen MR) is 122 cm³/mol. The van der Waals surface area contributed by atoms with Crippen LogP contribution in [-0.4, -0.2) is 71.9 Å². The molecule has 0 bridgehead atoms. The summed E-state index contributed by atoms with van der Waals surface area (Å²) in [6.45, 7) is 4.12. The summed E-state index contributed by atoms with van der Waals surface area (Å²) in [5.74, 6) is -0.244. The third-order valence-corrected chi connectivity index (χ3v) is 5.81. The van der Waals surface area contributed by atoms with E-state index >= 15 is 0 Å². The minimum absolute atomic E-state index is 0.124. The number of amides is 2. The SMILES string of the molecule is CCOC(=O)CCSC(=O)[C@H](C)NC(=O)[C@H](CCSC)NC(=O)[C@@H](N)CCCCN. The molecule has 2 amide bonds. The van der Waals surface area contributed by atoms with Gasteiger partial charge >= 0.3 is 5.97 Å². The monoisotopic (exact) mass is 464 g/mol. The number of hydrogen-bond donors (Lipinski definition) is 4. The Balaban J connectivity index is 4.64. The van der Waals surface area contributed by atoms with E-state index in [1.807, 2.05) is 6.26 Å². The Morgan fingerprint density at radius 3 is 2.33 bits per heavy atom. The lowest BCUT2D eigenvalue weighted by molar-refractivity contribution is -0.142. The summed E-state index contributed by atoms with van der Waals surface area (Å²) in [6.07, 6.45) is 4.46. The van der Waals surface area contributed by atoms with Crippen molar-refractivity contribution >= 4 is 46.4 Å². The van der Waals surface area contributed by atoms with Gasteiger partial charge in [0.05, 0.1) is 25.1 Å². The number of ether oxygens (including phenoxy) is 1. The van der Waals surface area contributed by atoms with Gasteiger partial charge < -0.3 is 26.8 Å². The average Bonchev–Trinajstić information content (AvgIpc) is 2.70. The van der Waals surface area contributed by atoms with Crippen LogP contribution in [0.5, 0.6) is 0 Å². The van der Waals surface area contributed by atoms with Crippen molar-refractivity contribution in [2.75, 3.05) is 30.9 Å². The summed E-state index contributed by atoms with van der Waals surface area (Å²) < 4.78 is 4.81. The van der Waals surface area contributed by atoms with Crippen molar-refractivity contribution in [3.05, 3.63) is 0 Å². The van der Waals surface area contributed by atoms with E-state index < -0.39 is 29.9 Å². The molecule has 0 heterocycles. The maximum atomic E-state index is 12.6. The van der Waals surface area contributed by atoms with Gasteiger partial charge in [0.15, 0.2) is 0 Å². The molecular weight excluding hydrogens is 428 g/mol. The molecule has 0 radical (unpaired) electrons. The maximum absolute atomic E-state index is 12.6. The van der Waals surface area contributed by atoms with Crippen LogP contribution in [0.3, 0.4) is 0 Å². The molecule has 0 fully saturated rings. The molecule has 11 heteroatoms. The average molecular weight is 465 g/mol. The molecule has 0 aliphatic carbocycles. The van der Waals surface area contributed by atoms with Gasteiger partial charge in [-0.2, -0.15) is 11.8 Å². The molecule has 0 saturated carbocycles. The van der Waals surface area contributed by atoms with E-state index in [1.165, 1.54) is 0 Å². The van der Waals surface area contributed by atoms with Crippen molar-refractivity contribution in [1.82, 2.24) is 10.6 Å². The van der Waals surface area contributed by atoms with Crippen LogP contribution in [0, 0.1) is 0 Å². The summed E-state index contributed by atoms with van der Waals surface area (Å²) >= 11 is 2.52. The first-order chi connectivity index (χ1) is 14.3. The molecule has 30 heavy (non-hydrogen) atoms. The van der Waals surface area contributed by atoms with Gasteiger partial charge in [-0.3, -0.25) is 19.2 Å². The fourth-order valence-corrected chi connectivity index (χ4v) is 3.64. The molecule has 174 valence electrons. The molecule has 6 N–H and O–H groups in total. The molecule has 0 saturated heterocycles. The molecule has 0 aliphatic rings. The number of nitrogens with two attached hydrogens (primary N) is 2. The second-order valence-electron chi connectivity index (χ2n) is 6.69. The molecule has 0 aliphatic heterocycles. The zero-order valence-electron chi connectivity index (χ0n) is 18.1. The summed E-state index contributed by atoms with van der Waals surface area (Å²) in [7, 11) is 0. The van der Waals surface area contributed by atoms with Crippen molar-refractivity contribution in [2.24, 2.45) is 11.5 Å². The van der Waals surface area contributed by atoms with E-state index in [-0.39, 0.29) is 23.3 Å². The van der Waals surface area contributed by atoms with Crippen LogP contribution >= 0.6 is 23.5 Å². The van der Waals surface area contributed by atoms with Gasteiger partial charge in [0.25, 0.3) is 0 Å². The largest absolute Gasteiger partial charge is 0.466 e. The molecule has 0 rings (SSSR count). The molecule has 0 spiro atoms. The molecule has 0 unspecified atom stereocenters. The number of carbonyl (C=O) groups is 4. The molecule has 9 nitrogen and oxygen atoms in total. The van der Waals surface area contributed by atoms with Crippen LogP contribution in [0.15, 0.2) is 0 Å². The normalized spacial score (nSPS) is 13.8. The zero-order valence-corrected chi connectivity index (χ0v) is 19.7.